The largest absolute Gasteiger partial charge is 0.481 e. The van der Waals surface area contributed by atoms with Crippen LogP contribution in [0.15, 0.2) is 24.4 Å². The quantitative estimate of drug-likeness (QED) is 0.801. The van der Waals surface area contributed by atoms with Gasteiger partial charge in [0.15, 0.2) is 0 Å². The summed E-state index contributed by atoms with van der Waals surface area (Å²) >= 11 is 6.25. The average molecular weight is 376 g/mol. The topological polar surface area (TPSA) is 75.4 Å². The summed E-state index contributed by atoms with van der Waals surface area (Å²) in [7, 11) is 1.70. The van der Waals surface area contributed by atoms with Gasteiger partial charge in [0.25, 0.3) is 5.91 Å². The molecule has 0 radical (unpaired) electrons. The molecule has 7 heteroatoms. The second kappa shape index (κ2) is 7.50. The molecule has 0 atom stereocenters. The van der Waals surface area contributed by atoms with Crippen LogP contribution < -0.4 is 0 Å². The van der Waals surface area contributed by atoms with E-state index in [1.54, 1.807) is 22.8 Å². The van der Waals surface area contributed by atoms with Gasteiger partial charge in [-0.15, -0.1) is 0 Å². The van der Waals surface area contributed by atoms with Crippen LogP contribution in [0.2, 0.25) is 5.02 Å². The number of rotatable bonds is 7. The Morgan fingerprint density at radius 2 is 2.12 bits per heavy atom. The second-order valence-electron chi connectivity index (χ2n) is 6.79. The predicted octanol–water partition coefficient (Wildman–Crippen LogP) is 3.65. The third-order valence-electron chi connectivity index (χ3n) is 4.63. The molecule has 0 aliphatic heterocycles. The molecule has 138 valence electrons. The first-order chi connectivity index (χ1) is 12.4. The fourth-order valence-corrected chi connectivity index (χ4v) is 3.14. The van der Waals surface area contributed by atoms with Crippen LogP contribution in [0.3, 0.4) is 0 Å². The summed E-state index contributed by atoms with van der Waals surface area (Å²) in [5.41, 5.74) is 3.34. The molecule has 1 aliphatic rings. The Balaban J connectivity index is 1.86. The third-order valence-corrected chi connectivity index (χ3v) is 5.04. The Hall–Kier alpha value is -2.34. The Bertz CT molecular complexity index is 843. The van der Waals surface area contributed by atoms with Crippen LogP contribution in [0.4, 0.5) is 0 Å². The molecule has 0 bridgehead atoms. The van der Waals surface area contributed by atoms with E-state index in [4.69, 9.17) is 16.7 Å². The van der Waals surface area contributed by atoms with Crippen LogP contribution in [0.1, 0.15) is 53.2 Å². The van der Waals surface area contributed by atoms with Gasteiger partial charge in [0, 0.05) is 31.0 Å². The van der Waals surface area contributed by atoms with Crippen LogP contribution in [0.25, 0.3) is 5.69 Å². The van der Waals surface area contributed by atoms with E-state index in [1.807, 2.05) is 25.1 Å². The molecule has 2 aromatic rings. The van der Waals surface area contributed by atoms with Gasteiger partial charge >= 0.3 is 5.97 Å². The molecule has 26 heavy (non-hydrogen) atoms. The van der Waals surface area contributed by atoms with Crippen molar-refractivity contribution in [2.24, 2.45) is 0 Å². The number of hydrogen-bond donors (Lipinski definition) is 1. The normalized spacial score (nSPS) is 13.7. The summed E-state index contributed by atoms with van der Waals surface area (Å²) in [4.78, 5) is 25.1. The molecule has 1 amide bonds. The smallest absolute Gasteiger partial charge is 0.303 e. The highest BCUT2D eigenvalue weighted by Crippen LogP contribution is 2.43. The minimum absolute atomic E-state index is 0.0498. The van der Waals surface area contributed by atoms with E-state index in [9.17, 15) is 9.59 Å². The first-order valence-electron chi connectivity index (χ1n) is 8.70. The predicted molar refractivity (Wildman–Crippen MR) is 99.1 cm³/mol. The number of amides is 1. The Kier molecular flexibility index (Phi) is 5.32. The van der Waals surface area contributed by atoms with Gasteiger partial charge in [-0.25, -0.2) is 4.68 Å². The van der Waals surface area contributed by atoms with Crippen LogP contribution in [0.5, 0.6) is 0 Å². The van der Waals surface area contributed by atoms with E-state index in [0.717, 1.165) is 29.8 Å². The second-order valence-corrected chi connectivity index (χ2v) is 7.19. The first kappa shape index (κ1) is 18.5. The monoisotopic (exact) mass is 375 g/mol. The zero-order valence-electron chi connectivity index (χ0n) is 14.9. The van der Waals surface area contributed by atoms with Gasteiger partial charge in [0.2, 0.25) is 0 Å². The van der Waals surface area contributed by atoms with E-state index in [2.05, 4.69) is 5.10 Å². The lowest BCUT2D eigenvalue weighted by molar-refractivity contribution is -0.137. The number of benzene rings is 1. The summed E-state index contributed by atoms with van der Waals surface area (Å²) in [6, 6.07) is 5.75. The minimum Gasteiger partial charge on any atom is -0.481 e. The van der Waals surface area contributed by atoms with Crippen LogP contribution in [-0.4, -0.2) is 45.3 Å². The molecule has 1 aromatic carbocycles. The maximum Gasteiger partial charge on any atom is 0.303 e. The number of carboxylic acid groups (broad SMARTS) is 1. The maximum atomic E-state index is 12.8. The molecule has 1 fully saturated rings. The highest BCUT2D eigenvalue weighted by molar-refractivity contribution is 6.31. The molecule has 1 heterocycles. The molecule has 0 unspecified atom stereocenters. The summed E-state index contributed by atoms with van der Waals surface area (Å²) < 4.78 is 1.81. The lowest BCUT2D eigenvalue weighted by atomic mass is 10.1. The number of hydrogen-bond acceptors (Lipinski definition) is 3. The fraction of sp³-hybridized carbons (Fsp3) is 0.421. The van der Waals surface area contributed by atoms with E-state index in [0.29, 0.717) is 29.5 Å². The van der Waals surface area contributed by atoms with Crippen LogP contribution >= 0.6 is 11.6 Å². The van der Waals surface area contributed by atoms with Crippen molar-refractivity contribution in [1.29, 1.82) is 0 Å². The molecular formula is C19H22ClN3O3. The van der Waals surface area contributed by atoms with Crippen molar-refractivity contribution in [2.75, 3.05) is 13.6 Å². The number of nitrogens with zero attached hydrogens (tertiary/aromatic N) is 3. The van der Waals surface area contributed by atoms with Crippen molar-refractivity contribution in [3.05, 3.63) is 46.2 Å². The number of carboxylic acids is 1. The van der Waals surface area contributed by atoms with Crippen molar-refractivity contribution in [1.82, 2.24) is 14.7 Å². The Morgan fingerprint density at radius 1 is 1.38 bits per heavy atom. The standard InChI is InChI=1S/C19H22ClN3O3/c1-12-5-8-14(10-16(12)20)23-18(13-6-7-13)15(11-21-23)19(26)22(2)9-3-4-17(24)25/h5,8,10-11,13H,3-4,6-7,9H2,1-2H3,(H,24,25). The van der Waals surface area contributed by atoms with Gasteiger partial charge in [-0.05, 0) is 43.9 Å². The van der Waals surface area contributed by atoms with Crippen molar-refractivity contribution in [2.45, 2.75) is 38.5 Å². The Morgan fingerprint density at radius 3 is 2.73 bits per heavy atom. The molecule has 0 spiro atoms. The minimum atomic E-state index is -0.853. The molecule has 1 aliphatic carbocycles. The van der Waals surface area contributed by atoms with E-state index in [-0.39, 0.29) is 12.3 Å². The summed E-state index contributed by atoms with van der Waals surface area (Å²) in [5, 5.41) is 13.9. The average Bonchev–Trinajstić information content (AvgIpc) is 3.34. The van der Waals surface area contributed by atoms with Gasteiger partial charge in [-0.2, -0.15) is 5.10 Å². The van der Waals surface area contributed by atoms with Crippen LogP contribution in [-0.2, 0) is 4.79 Å². The number of carbonyl (C=O) groups excluding carboxylic acids is 1. The number of carbonyl (C=O) groups is 2. The molecule has 1 saturated carbocycles. The van der Waals surface area contributed by atoms with Gasteiger partial charge in [0.1, 0.15) is 0 Å². The van der Waals surface area contributed by atoms with Gasteiger partial charge in [-0.3, -0.25) is 9.59 Å². The SMILES string of the molecule is Cc1ccc(-n2ncc(C(=O)N(C)CCCC(=O)O)c2C2CC2)cc1Cl. The number of aromatic nitrogens is 2. The van der Waals surface area contributed by atoms with Gasteiger partial charge in [0.05, 0.1) is 23.1 Å². The molecule has 1 N–H and O–H groups in total. The summed E-state index contributed by atoms with van der Waals surface area (Å²) in [6.45, 7) is 2.34. The third kappa shape index (κ3) is 3.90. The first-order valence-corrected chi connectivity index (χ1v) is 9.08. The van der Waals surface area contributed by atoms with E-state index < -0.39 is 5.97 Å². The number of aryl methyl sites for hydroxylation is 1. The van der Waals surface area contributed by atoms with Crippen molar-refractivity contribution in [3.8, 4) is 5.69 Å². The number of aliphatic carboxylic acids is 1. The zero-order valence-corrected chi connectivity index (χ0v) is 15.7. The summed E-state index contributed by atoms with van der Waals surface area (Å²) in [6.07, 6.45) is 4.16. The maximum absolute atomic E-state index is 12.8. The highest BCUT2D eigenvalue weighted by atomic mass is 35.5. The van der Waals surface area contributed by atoms with E-state index in [1.165, 1.54) is 0 Å². The molecule has 1 aromatic heterocycles. The number of halogens is 1. The fourth-order valence-electron chi connectivity index (χ4n) is 2.97. The van der Waals surface area contributed by atoms with Crippen LogP contribution in [0, 0.1) is 6.92 Å². The lowest BCUT2D eigenvalue weighted by Gasteiger charge is -2.17. The van der Waals surface area contributed by atoms with Crippen molar-refractivity contribution in [3.63, 3.8) is 0 Å². The van der Waals surface area contributed by atoms with E-state index >= 15 is 0 Å². The molecule has 0 saturated heterocycles. The highest BCUT2D eigenvalue weighted by Gasteiger charge is 2.33. The molecule has 3 rings (SSSR count). The summed E-state index contributed by atoms with van der Waals surface area (Å²) in [5.74, 6) is -0.653. The van der Waals surface area contributed by atoms with Crippen molar-refractivity contribution >= 4 is 23.5 Å². The lowest BCUT2D eigenvalue weighted by Crippen LogP contribution is -2.28. The van der Waals surface area contributed by atoms with Gasteiger partial charge < -0.3 is 10.0 Å². The van der Waals surface area contributed by atoms with Crippen molar-refractivity contribution < 1.29 is 14.7 Å². The Labute approximate surface area is 157 Å². The molecular weight excluding hydrogens is 354 g/mol. The van der Waals surface area contributed by atoms with Gasteiger partial charge in [-0.1, -0.05) is 17.7 Å². The zero-order chi connectivity index (χ0) is 18.8. The molecule has 6 nitrogen and oxygen atoms in total.